The summed E-state index contributed by atoms with van der Waals surface area (Å²) in [7, 11) is 0. The molecule has 17 heavy (non-hydrogen) atoms. The summed E-state index contributed by atoms with van der Waals surface area (Å²) in [4.78, 5) is 12.3. The monoisotopic (exact) mass is 239 g/mol. The van der Waals surface area contributed by atoms with Crippen LogP contribution in [0.25, 0.3) is 0 Å². The summed E-state index contributed by atoms with van der Waals surface area (Å²) in [5.74, 6) is 0.0368. The highest BCUT2D eigenvalue weighted by molar-refractivity contribution is 6.06. The smallest absolute Gasteiger partial charge is 0.234 e. The van der Waals surface area contributed by atoms with Crippen LogP contribution in [0.2, 0.25) is 0 Å². The molecule has 5 nitrogen and oxygen atoms in total. The Kier molecular flexibility index (Phi) is 3.54. The van der Waals surface area contributed by atoms with Gasteiger partial charge in [0.2, 0.25) is 5.91 Å². The van der Waals surface area contributed by atoms with Crippen LogP contribution >= 0.6 is 0 Å². The van der Waals surface area contributed by atoms with Crippen molar-refractivity contribution >= 4 is 11.7 Å². The second-order valence-electron chi connectivity index (χ2n) is 5.23. The Labute approximate surface area is 101 Å². The fourth-order valence-electron chi connectivity index (χ4n) is 2.58. The molecule has 2 fully saturated rings. The normalized spacial score (nSPS) is 25.1. The third kappa shape index (κ3) is 2.53. The van der Waals surface area contributed by atoms with Gasteiger partial charge in [0.15, 0.2) is 5.84 Å². The quantitative estimate of drug-likeness (QED) is 0.228. The number of amidine groups is 1. The molecule has 0 unspecified atom stereocenters. The highest BCUT2D eigenvalue weighted by atomic mass is 16.4. The van der Waals surface area contributed by atoms with E-state index in [0.717, 1.165) is 38.5 Å². The Balaban J connectivity index is 2.17. The average Bonchev–Trinajstić information content (AvgIpc) is 3.13. The number of nitrogens with two attached hydrogens (primary N) is 1. The molecule has 5 heteroatoms. The van der Waals surface area contributed by atoms with E-state index in [4.69, 9.17) is 10.9 Å². The molecule has 0 aromatic heterocycles. The lowest BCUT2D eigenvalue weighted by atomic mass is 9.78. The van der Waals surface area contributed by atoms with Gasteiger partial charge < -0.3 is 16.3 Å². The minimum absolute atomic E-state index is 0.0443. The molecule has 2 aliphatic rings. The predicted molar refractivity (Wildman–Crippen MR) is 64.7 cm³/mol. The molecule has 0 aliphatic heterocycles. The van der Waals surface area contributed by atoms with E-state index >= 15 is 0 Å². The minimum atomic E-state index is -0.770. The third-order valence-corrected chi connectivity index (χ3v) is 3.90. The molecule has 2 saturated carbocycles. The Morgan fingerprint density at radius 1 is 1.24 bits per heavy atom. The van der Waals surface area contributed by atoms with Gasteiger partial charge in [0.25, 0.3) is 0 Å². The SMILES string of the molecule is NC(=NO)C1(C(=O)NC2CC2)CCCCCC1. The number of carbonyl (C=O) groups excluding carboxylic acids is 1. The van der Waals surface area contributed by atoms with Crippen LogP contribution in [0.1, 0.15) is 51.4 Å². The van der Waals surface area contributed by atoms with Crippen molar-refractivity contribution in [2.45, 2.75) is 57.4 Å². The van der Waals surface area contributed by atoms with Gasteiger partial charge in [-0.3, -0.25) is 4.79 Å². The first-order valence-electron chi connectivity index (χ1n) is 6.48. The molecule has 0 aromatic rings. The van der Waals surface area contributed by atoms with Crippen LogP contribution in [-0.2, 0) is 4.79 Å². The van der Waals surface area contributed by atoms with Crippen LogP contribution in [-0.4, -0.2) is 23.0 Å². The van der Waals surface area contributed by atoms with E-state index in [-0.39, 0.29) is 11.7 Å². The van der Waals surface area contributed by atoms with E-state index in [1.807, 2.05) is 0 Å². The molecule has 0 atom stereocenters. The molecule has 2 rings (SSSR count). The fourth-order valence-corrected chi connectivity index (χ4v) is 2.58. The van der Waals surface area contributed by atoms with Crippen molar-refractivity contribution in [2.75, 3.05) is 0 Å². The van der Waals surface area contributed by atoms with Crippen LogP contribution in [0.15, 0.2) is 5.16 Å². The van der Waals surface area contributed by atoms with Crippen molar-refractivity contribution in [3.05, 3.63) is 0 Å². The zero-order valence-corrected chi connectivity index (χ0v) is 10.1. The number of oxime groups is 1. The van der Waals surface area contributed by atoms with E-state index < -0.39 is 5.41 Å². The number of nitrogens with zero attached hydrogens (tertiary/aromatic N) is 1. The van der Waals surface area contributed by atoms with Crippen LogP contribution in [0, 0.1) is 5.41 Å². The molecule has 0 heterocycles. The van der Waals surface area contributed by atoms with Crippen LogP contribution < -0.4 is 11.1 Å². The van der Waals surface area contributed by atoms with Crippen molar-refractivity contribution in [1.82, 2.24) is 5.32 Å². The van der Waals surface area contributed by atoms with E-state index in [9.17, 15) is 4.79 Å². The van der Waals surface area contributed by atoms with Gasteiger partial charge in [0, 0.05) is 6.04 Å². The molecule has 1 amide bonds. The highest BCUT2D eigenvalue weighted by Gasteiger charge is 2.44. The number of rotatable bonds is 3. The zero-order chi connectivity index (χ0) is 12.3. The first kappa shape index (κ1) is 12.2. The van der Waals surface area contributed by atoms with Crippen LogP contribution in [0.4, 0.5) is 0 Å². The van der Waals surface area contributed by atoms with Gasteiger partial charge in [-0.15, -0.1) is 0 Å². The predicted octanol–water partition coefficient (Wildman–Crippen LogP) is 1.35. The van der Waals surface area contributed by atoms with Gasteiger partial charge in [-0.2, -0.15) is 0 Å². The number of amides is 1. The minimum Gasteiger partial charge on any atom is -0.409 e. The third-order valence-electron chi connectivity index (χ3n) is 3.90. The van der Waals surface area contributed by atoms with Gasteiger partial charge in [-0.1, -0.05) is 30.8 Å². The molecule has 96 valence electrons. The second kappa shape index (κ2) is 4.94. The second-order valence-corrected chi connectivity index (χ2v) is 5.23. The Hall–Kier alpha value is -1.26. The Morgan fingerprint density at radius 3 is 2.29 bits per heavy atom. The first-order valence-corrected chi connectivity index (χ1v) is 6.48. The maximum absolute atomic E-state index is 12.3. The average molecular weight is 239 g/mol. The first-order chi connectivity index (χ1) is 8.19. The summed E-state index contributed by atoms with van der Waals surface area (Å²) in [6.07, 6.45) is 7.68. The van der Waals surface area contributed by atoms with Gasteiger partial charge in [0.05, 0.1) is 0 Å². The van der Waals surface area contributed by atoms with Crippen LogP contribution in [0.3, 0.4) is 0 Å². The van der Waals surface area contributed by atoms with E-state index in [0.29, 0.717) is 18.9 Å². The summed E-state index contributed by atoms with van der Waals surface area (Å²) in [6.45, 7) is 0. The molecule has 0 saturated heterocycles. The maximum atomic E-state index is 12.3. The molecule has 0 aromatic carbocycles. The number of carbonyl (C=O) groups is 1. The van der Waals surface area contributed by atoms with E-state index in [1.165, 1.54) is 0 Å². The lowest BCUT2D eigenvalue weighted by molar-refractivity contribution is -0.128. The van der Waals surface area contributed by atoms with E-state index in [1.54, 1.807) is 0 Å². The maximum Gasteiger partial charge on any atom is 0.234 e. The van der Waals surface area contributed by atoms with Gasteiger partial charge >= 0.3 is 0 Å². The number of hydrogen-bond acceptors (Lipinski definition) is 3. The molecule has 0 radical (unpaired) electrons. The van der Waals surface area contributed by atoms with Gasteiger partial charge in [-0.05, 0) is 25.7 Å². The van der Waals surface area contributed by atoms with Crippen molar-refractivity contribution in [2.24, 2.45) is 16.3 Å². The van der Waals surface area contributed by atoms with Crippen molar-refractivity contribution in [3.8, 4) is 0 Å². The topological polar surface area (TPSA) is 87.7 Å². The van der Waals surface area contributed by atoms with Gasteiger partial charge in [0.1, 0.15) is 5.41 Å². The summed E-state index contributed by atoms with van der Waals surface area (Å²) >= 11 is 0. The van der Waals surface area contributed by atoms with Crippen molar-refractivity contribution in [3.63, 3.8) is 0 Å². The number of nitrogens with one attached hydrogen (secondary N) is 1. The van der Waals surface area contributed by atoms with Crippen molar-refractivity contribution in [1.29, 1.82) is 0 Å². The summed E-state index contributed by atoms with van der Waals surface area (Å²) in [5.41, 5.74) is 5.02. The molecular formula is C12H21N3O2. The summed E-state index contributed by atoms with van der Waals surface area (Å²) in [5, 5.41) is 15.0. The molecule has 0 spiro atoms. The standard InChI is InChI=1S/C12H21N3O2/c13-10(15-17)12(7-3-1-2-4-8-12)11(16)14-9-5-6-9/h9,17H,1-8H2,(H2,13,15)(H,14,16). The fraction of sp³-hybridized carbons (Fsp3) is 0.833. The van der Waals surface area contributed by atoms with E-state index in [2.05, 4.69) is 10.5 Å². The molecular weight excluding hydrogens is 218 g/mol. The molecule has 0 bridgehead atoms. The number of hydrogen-bond donors (Lipinski definition) is 3. The Bertz CT molecular complexity index is 316. The summed E-state index contributed by atoms with van der Waals surface area (Å²) < 4.78 is 0. The zero-order valence-electron chi connectivity index (χ0n) is 10.1. The molecule has 2 aliphatic carbocycles. The molecule has 4 N–H and O–H groups in total. The van der Waals surface area contributed by atoms with Crippen LogP contribution in [0.5, 0.6) is 0 Å². The lowest BCUT2D eigenvalue weighted by Gasteiger charge is -2.29. The lowest BCUT2D eigenvalue weighted by Crippen LogP contribution is -2.50. The Morgan fingerprint density at radius 2 is 1.82 bits per heavy atom. The van der Waals surface area contributed by atoms with Crippen molar-refractivity contribution < 1.29 is 10.0 Å². The highest BCUT2D eigenvalue weighted by Crippen LogP contribution is 2.36. The summed E-state index contributed by atoms with van der Waals surface area (Å²) in [6, 6.07) is 0.314. The largest absolute Gasteiger partial charge is 0.409 e. The van der Waals surface area contributed by atoms with Gasteiger partial charge in [-0.25, -0.2) is 0 Å².